The van der Waals surface area contributed by atoms with Crippen LogP contribution in [0, 0.1) is 0 Å². The van der Waals surface area contributed by atoms with Crippen LogP contribution in [0.25, 0.3) is 0 Å². The molecule has 3 rings (SSSR count). The van der Waals surface area contributed by atoms with E-state index in [1.165, 1.54) is 13.2 Å². The van der Waals surface area contributed by atoms with Crippen LogP contribution in [0.15, 0.2) is 42.5 Å². The number of alkyl halides is 2. The number of hydrogen-bond acceptors (Lipinski definition) is 4. The van der Waals surface area contributed by atoms with Gasteiger partial charge in [-0.25, -0.2) is 0 Å². The number of nitrogens with one attached hydrogen (secondary N) is 1. The summed E-state index contributed by atoms with van der Waals surface area (Å²) in [6.07, 6.45) is -0.443. The summed E-state index contributed by atoms with van der Waals surface area (Å²) in [6.45, 7) is -2.94. The number of anilines is 1. The molecule has 2 aromatic carbocycles. The third-order valence-corrected chi connectivity index (χ3v) is 3.90. The van der Waals surface area contributed by atoms with Crippen molar-refractivity contribution in [2.24, 2.45) is 0 Å². The largest absolute Gasteiger partial charge is 0.493 e. The normalized spacial score (nSPS) is 16.6. The van der Waals surface area contributed by atoms with Crippen molar-refractivity contribution in [1.82, 2.24) is 5.32 Å². The van der Waals surface area contributed by atoms with Crippen LogP contribution >= 0.6 is 0 Å². The number of amides is 1. The number of para-hydroxylation sites is 1. The summed E-state index contributed by atoms with van der Waals surface area (Å²) in [5, 5.41) is 2.89. The predicted molar refractivity (Wildman–Crippen MR) is 84.7 cm³/mol. The topological polar surface area (TPSA) is 50.8 Å². The average Bonchev–Trinajstić information content (AvgIpc) is 2.58. The molecule has 0 fully saturated rings. The first-order chi connectivity index (χ1) is 11.5. The van der Waals surface area contributed by atoms with Crippen molar-refractivity contribution in [2.45, 2.75) is 12.8 Å². The lowest BCUT2D eigenvalue weighted by atomic mass is 10.0. The molecule has 0 aliphatic carbocycles. The van der Waals surface area contributed by atoms with Crippen LogP contribution < -0.4 is 19.7 Å². The SMILES string of the molecule is COc1cc([C@@H]2NC(=O)c3ccccc3N2C)ccc1OC(F)F. The highest BCUT2D eigenvalue weighted by Crippen LogP contribution is 2.36. The van der Waals surface area contributed by atoms with Gasteiger partial charge in [-0.15, -0.1) is 0 Å². The number of methoxy groups -OCH3 is 1. The van der Waals surface area contributed by atoms with Gasteiger partial charge in [0.1, 0.15) is 6.17 Å². The number of ether oxygens (including phenoxy) is 2. The molecule has 1 heterocycles. The summed E-state index contributed by atoms with van der Waals surface area (Å²) >= 11 is 0. The maximum Gasteiger partial charge on any atom is 0.387 e. The van der Waals surface area contributed by atoms with E-state index in [0.29, 0.717) is 11.1 Å². The lowest BCUT2D eigenvalue weighted by Gasteiger charge is -2.36. The minimum atomic E-state index is -2.94. The molecule has 1 aliphatic heterocycles. The van der Waals surface area contributed by atoms with Crippen LogP contribution in [0.5, 0.6) is 11.5 Å². The first kappa shape index (κ1) is 16.0. The van der Waals surface area contributed by atoms with E-state index in [-0.39, 0.29) is 17.4 Å². The molecule has 0 spiro atoms. The van der Waals surface area contributed by atoms with E-state index < -0.39 is 12.8 Å². The summed E-state index contributed by atoms with van der Waals surface area (Å²) in [5.74, 6) is -0.0729. The number of hydrogen-bond donors (Lipinski definition) is 1. The summed E-state index contributed by atoms with van der Waals surface area (Å²) in [5.41, 5.74) is 2.07. The minimum absolute atomic E-state index is 0.0542. The van der Waals surface area contributed by atoms with Gasteiger partial charge in [0.15, 0.2) is 11.5 Å². The maximum atomic E-state index is 12.4. The van der Waals surface area contributed by atoms with Crippen LogP contribution in [-0.2, 0) is 0 Å². The van der Waals surface area contributed by atoms with Gasteiger partial charge in [0, 0.05) is 7.05 Å². The van der Waals surface area contributed by atoms with Crippen LogP contribution in [0.1, 0.15) is 22.1 Å². The number of carbonyl (C=O) groups is 1. The highest BCUT2D eigenvalue weighted by atomic mass is 19.3. The third kappa shape index (κ3) is 2.84. The molecule has 0 saturated carbocycles. The highest BCUT2D eigenvalue weighted by Gasteiger charge is 2.29. The summed E-state index contributed by atoms with van der Waals surface area (Å²) < 4.78 is 34.4. The van der Waals surface area contributed by atoms with Crippen molar-refractivity contribution < 1.29 is 23.0 Å². The molecule has 0 saturated heterocycles. The van der Waals surface area contributed by atoms with Gasteiger partial charge in [-0.05, 0) is 29.8 Å². The zero-order valence-electron chi connectivity index (χ0n) is 13.1. The van der Waals surface area contributed by atoms with Crippen molar-refractivity contribution in [1.29, 1.82) is 0 Å². The van der Waals surface area contributed by atoms with Crippen LogP contribution in [0.4, 0.5) is 14.5 Å². The summed E-state index contributed by atoms with van der Waals surface area (Å²) in [7, 11) is 3.22. The molecular formula is C17H16F2N2O3. The number of fused-ring (bicyclic) bond motifs is 1. The monoisotopic (exact) mass is 334 g/mol. The van der Waals surface area contributed by atoms with Crippen LogP contribution in [0.2, 0.25) is 0 Å². The van der Waals surface area contributed by atoms with Gasteiger partial charge in [-0.3, -0.25) is 4.79 Å². The van der Waals surface area contributed by atoms with Gasteiger partial charge in [0.25, 0.3) is 5.91 Å². The number of nitrogens with zero attached hydrogens (tertiary/aromatic N) is 1. The number of carbonyl (C=O) groups excluding carboxylic acids is 1. The zero-order valence-corrected chi connectivity index (χ0v) is 13.1. The molecule has 1 atom stereocenters. The van der Waals surface area contributed by atoms with E-state index in [4.69, 9.17) is 4.74 Å². The molecule has 0 radical (unpaired) electrons. The Bertz CT molecular complexity index is 767. The summed E-state index contributed by atoms with van der Waals surface area (Å²) in [4.78, 5) is 14.2. The molecule has 1 amide bonds. The molecule has 2 aromatic rings. The molecule has 0 bridgehead atoms. The van der Waals surface area contributed by atoms with Gasteiger partial charge in [0.05, 0.1) is 18.4 Å². The Morgan fingerprint density at radius 2 is 1.92 bits per heavy atom. The lowest BCUT2D eigenvalue weighted by molar-refractivity contribution is -0.0512. The second kappa shape index (κ2) is 6.35. The quantitative estimate of drug-likeness (QED) is 0.933. The number of benzene rings is 2. The minimum Gasteiger partial charge on any atom is -0.493 e. The molecular weight excluding hydrogens is 318 g/mol. The van der Waals surface area contributed by atoms with E-state index in [1.807, 2.05) is 24.1 Å². The molecule has 24 heavy (non-hydrogen) atoms. The third-order valence-electron chi connectivity index (χ3n) is 3.90. The lowest BCUT2D eigenvalue weighted by Crippen LogP contribution is -2.44. The molecule has 5 nitrogen and oxygen atoms in total. The fourth-order valence-electron chi connectivity index (χ4n) is 2.77. The highest BCUT2D eigenvalue weighted by molar-refractivity contribution is 6.02. The Morgan fingerprint density at radius 1 is 1.17 bits per heavy atom. The molecule has 7 heteroatoms. The molecule has 1 aliphatic rings. The van der Waals surface area contributed by atoms with E-state index >= 15 is 0 Å². The zero-order chi connectivity index (χ0) is 17.3. The Labute approximate surface area is 137 Å². The van der Waals surface area contributed by atoms with Crippen LogP contribution in [-0.4, -0.2) is 26.7 Å². The first-order valence-electron chi connectivity index (χ1n) is 7.26. The Kier molecular flexibility index (Phi) is 4.24. The van der Waals surface area contributed by atoms with Crippen molar-refractivity contribution >= 4 is 11.6 Å². The second-order valence-electron chi connectivity index (χ2n) is 5.29. The van der Waals surface area contributed by atoms with E-state index in [1.54, 1.807) is 24.3 Å². The Balaban J connectivity index is 1.96. The smallest absolute Gasteiger partial charge is 0.387 e. The Hall–Kier alpha value is -2.83. The van der Waals surface area contributed by atoms with E-state index in [2.05, 4.69) is 10.1 Å². The first-order valence-corrected chi connectivity index (χ1v) is 7.26. The molecule has 1 N–H and O–H groups in total. The van der Waals surface area contributed by atoms with Crippen molar-refractivity contribution in [3.63, 3.8) is 0 Å². The standard InChI is InChI=1S/C17H16F2N2O3/c1-21-12-6-4-3-5-11(12)16(22)20-15(21)10-7-8-13(24-17(18)19)14(9-10)23-2/h3-9,15,17H,1-2H3,(H,20,22)/t15-/m1/s1. The fourth-order valence-corrected chi connectivity index (χ4v) is 2.77. The molecule has 126 valence electrons. The maximum absolute atomic E-state index is 12.4. The van der Waals surface area contributed by atoms with E-state index in [0.717, 1.165) is 5.69 Å². The second-order valence-corrected chi connectivity index (χ2v) is 5.29. The van der Waals surface area contributed by atoms with Gasteiger partial charge >= 0.3 is 6.61 Å². The van der Waals surface area contributed by atoms with E-state index in [9.17, 15) is 13.6 Å². The predicted octanol–water partition coefficient (Wildman–Crippen LogP) is 3.18. The Morgan fingerprint density at radius 3 is 2.62 bits per heavy atom. The number of halogens is 2. The molecule has 0 aromatic heterocycles. The number of rotatable bonds is 4. The fraction of sp³-hybridized carbons (Fsp3) is 0.235. The van der Waals surface area contributed by atoms with Gasteiger partial charge in [-0.2, -0.15) is 8.78 Å². The van der Waals surface area contributed by atoms with Gasteiger partial charge < -0.3 is 19.7 Å². The van der Waals surface area contributed by atoms with Crippen molar-refractivity contribution in [3.05, 3.63) is 53.6 Å². The van der Waals surface area contributed by atoms with Gasteiger partial charge in [-0.1, -0.05) is 18.2 Å². The van der Waals surface area contributed by atoms with Crippen LogP contribution in [0.3, 0.4) is 0 Å². The van der Waals surface area contributed by atoms with Crippen molar-refractivity contribution in [3.8, 4) is 11.5 Å². The average molecular weight is 334 g/mol. The molecule has 0 unspecified atom stereocenters. The van der Waals surface area contributed by atoms with Gasteiger partial charge in [0.2, 0.25) is 0 Å². The van der Waals surface area contributed by atoms with Crippen molar-refractivity contribution in [2.75, 3.05) is 19.1 Å². The summed E-state index contributed by atoms with van der Waals surface area (Å²) in [6, 6.07) is 11.9.